The summed E-state index contributed by atoms with van der Waals surface area (Å²) < 4.78 is 0. The van der Waals surface area contributed by atoms with E-state index in [1.807, 2.05) is 30.3 Å². The summed E-state index contributed by atoms with van der Waals surface area (Å²) in [6.45, 7) is 2.16. The lowest BCUT2D eigenvalue weighted by molar-refractivity contribution is 0.611. The third-order valence-corrected chi connectivity index (χ3v) is 5.02. The van der Waals surface area contributed by atoms with Crippen molar-refractivity contribution in [2.24, 2.45) is 0 Å². The van der Waals surface area contributed by atoms with E-state index >= 15 is 0 Å². The van der Waals surface area contributed by atoms with Crippen LogP contribution in [0, 0.1) is 22.7 Å². The normalized spacial score (nSPS) is 20.6. The molecule has 1 aliphatic carbocycles. The Labute approximate surface area is 153 Å². The molecule has 126 valence electrons. The molecule has 0 bridgehead atoms. The summed E-state index contributed by atoms with van der Waals surface area (Å²) >= 11 is 0. The van der Waals surface area contributed by atoms with Gasteiger partial charge in [0.05, 0.1) is 28.5 Å². The molecule has 0 amide bonds. The number of nitriles is 2. The Hall–Kier alpha value is -3.50. The van der Waals surface area contributed by atoms with Gasteiger partial charge in [0.25, 0.3) is 0 Å². The Morgan fingerprint density at radius 1 is 0.962 bits per heavy atom. The summed E-state index contributed by atoms with van der Waals surface area (Å²) in [5.74, 6) is 0. The second-order valence-corrected chi connectivity index (χ2v) is 6.47. The monoisotopic (exact) mass is 338 g/mol. The SMILES string of the molecule is CC1N(c2ccccc2)c2cc(C#N)c(C#N)cc2N1C1C=CC=CC1. The van der Waals surface area contributed by atoms with Crippen LogP contribution in [0.3, 0.4) is 0 Å². The van der Waals surface area contributed by atoms with Crippen molar-refractivity contribution in [3.05, 3.63) is 77.9 Å². The number of para-hydroxylation sites is 1. The van der Waals surface area contributed by atoms with Crippen molar-refractivity contribution in [1.29, 1.82) is 10.5 Å². The van der Waals surface area contributed by atoms with Gasteiger partial charge < -0.3 is 9.80 Å². The van der Waals surface area contributed by atoms with Gasteiger partial charge in [-0.3, -0.25) is 0 Å². The minimum absolute atomic E-state index is 0.0778. The standard InChI is InChI=1S/C22H18N4/c1-16-25(19-8-4-2-5-9-19)21-12-17(14-23)18(15-24)13-22(21)26(16)20-10-6-3-7-11-20/h2-10,12-13,16,20H,11H2,1H3. The van der Waals surface area contributed by atoms with E-state index in [1.54, 1.807) is 0 Å². The highest BCUT2D eigenvalue weighted by Gasteiger charge is 2.37. The van der Waals surface area contributed by atoms with Crippen molar-refractivity contribution in [2.75, 3.05) is 9.80 Å². The van der Waals surface area contributed by atoms with Crippen LogP contribution >= 0.6 is 0 Å². The molecule has 1 aliphatic heterocycles. The van der Waals surface area contributed by atoms with Gasteiger partial charge in [-0.1, -0.05) is 42.5 Å². The first-order chi connectivity index (χ1) is 12.7. The molecule has 0 fully saturated rings. The lowest BCUT2D eigenvalue weighted by atomic mass is 10.0. The topological polar surface area (TPSA) is 54.1 Å². The molecule has 0 radical (unpaired) electrons. The molecule has 26 heavy (non-hydrogen) atoms. The van der Waals surface area contributed by atoms with Crippen LogP contribution in [0.4, 0.5) is 17.1 Å². The van der Waals surface area contributed by atoms with Crippen LogP contribution in [0.25, 0.3) is 0 Å². The van der Waals surface area contributed by atoms with Gasteiger partial charge in [0, 0.05) is 5.69 Å². The molecule has 0 spiro atoms. The lowest BCUT2D eigenvalue weighted by Crippen LogP contribution is -2.44. The van der Waals surface area contributed by atoms with Crippen molar-refractivity contribution in [1.82, 2.24) is 0 Å². The van der Waals surface area contributed by atoms with Crippen molar-refractivity contribution in [2.45, 2.75) is 25.6 Å². The summed E-state index contributed by atoms with van der Waals surface area (Å²) in [7, 11) is 0. The van der Waals surface area contributed by atoms with E-state index in [1.165, 1.54) is 0 Å². The number of fused-ring (bicyclic) bond motifs is 1. The van der Waals surface area contributed by atoms with Crippen LogP contribution in [-0.2, 0) is 0 Å². The van der Waals surface area contributed by atoms with E-state index in [0.717, 1.165) is 23.5 Å². The lowest BCUT2D eigenvalue weighted by Gasteiger charge is -2.35. The van der Waals surface area contributed by atoms with Crippen molar-refractivity contribution in [3.8, 4) is 12.1 Å². The maximum Gasteiger partial charge on any atom is 0.104 e. The molecule has 0 saturated heterocycles. The number of nitrogens with zero attached hydrogens (tertiary/aromatic N) is 4. The minimum Gasteiger partial charge on any atom is -0.343 e. The fourth-order valence-electron chi connectivity index (χ4n) is 3.86. The van der Waals surface area contributed by atoms with E-state index in [-0.39, 0.29) is 12.2 Å². The molecule has 0 aromatic heterocycles. The number of benzene rings is 2. The maximum atomic E-state index is 9.47. The molecule has 2 aromatic carbocycles. The van der Waals surface area contributed by atoms with Crippen molar-refractivity contribution < 1.29 is 0 Å². The van der Waals surface area contributed by atoms with E-state index in [2.05, 4.69) is 65.3 Å². The summed E-state index contributed by atoms with van der Waals surface area (Å²) in [6.07, 6.45) is 9.49. The zero-order valence-electron chi connectivity index (χ0n) is 14.5. The molecule has 1 heterocycles. The average molecular weight is 338 g/mol. The predicted octanol–water partition coefficient (Wildman–Crippen LogP) is 4.62. The molecular formula is C22H18N4. The van der Waals surface area contributed by atoms with Crippen molar-refractivity contribution >= 4 is 17.1 Å². The zero-order valence-corrected chi connectivity index (χ0v) is 14.5. The number of anilines is 3. The van der Waals surface area contributed by atoms with Crippen LogP contribution in [0.15, 0.2) is 66.8 Å². The average Bonchev–Trinajstić information content (AvgIpc) is 2.98. The van der Waals surface area contributed by atoms with Crippen LogP contribution < -0.4 is 9.80 Å². The van der Waals surface area contributed by atoms with Gasteiger partial charge in [0.2, 0.25) is 0 Å². The molecular weight excluding hydrogens is 320 g/mol. The second-order valence-electron chi connectivity index (χ2n) is 6.47. The Kier molecular flexibility index (Phi) is 3.95. The maximum absolute atomic E-state index is 9.47. The van der Waals surface area contributed by atoms with Crippen LogP contribution in [-0.4, -0.2) is 12.2 Å². The summed E-state index contributed by atoms with van der Waals surface area (Å²) in [6, 6.07) is 18.4. The number of hydrogen-bond donors (Lipinski definition) is 0. The van der Waals surface area contributed by atoms with Gasteiger partial charge >= 0.3 is 0 Å². The van der Waals surface area contributed by atoms with Gasteiger partial charge in [-0.2, -0.15) is 10.5 Å². The Bertz CT molecular complexity index is 976. The number of rotatable bonds is 2. The van der Waals surface area contributed by atoms with Gasteiger partial charge in [0.15, 0.2) is 0 Å². The van der Waals surface area contributed by atoms with Gasteiger partial charge in [-0.05, 0) is 37.6 Å². The van der Waals surface area contributed by atoms with Crippen LogP contribution in [0.5, 0.6) is 0 Å². The molecule has 4 nitrogen and oxygen atoms in total. The molecule has 2 unspecified atom stereocenters. The third-order valence-electron chi connectivity index (χ3n) is 5.02. The predicted molar refractivity (Wildman–Crippen MR) is 103 cm³/mol. The number of allylic oxidation sites excluding steroid dienone is 2. The minimum atomic E-state index is 0.0778. The fraction of sp³-hybridized carbons (Fsp3) is 0.182. The summed E-state index contributed by atoms with van der Waals surface area (Å²) in [5.41, 5.74) is 3.89. The Morgan fingerprint density at radius 2 is 1.65 bits per heavy atom. The van der Waals surface area contributed by atoms with Crippen molar-refractivity contribution in [3.63, 3.8) is 0 Å². The summed E-state index contributed by atoms with van der Waals surface area (Å²) in [5, 5.41) is 18.9. The molecule has 2 aliphatic rings. The van der Waals surface area contributed by atoms with Gasteiger partial charge in [-0.25, -0.2) is 0 Å². The molecule has 0 N–H and O–H groups in total. The quantitative estimate of drug-likeness (QED) is 0.802. The highest BCUT2D eigenvalue weighted by atomic mass is 15.4. The van der Waals surface area contributed by atoms with E-state index in [9.17, 15) is 10.5 Å². The van der Waals surface area contributed by atoms with Gasteiger partial charge in [-0.15, -0.1) is 0 Å². The largest absolute Gasteiger partial charge is 0.343 e. The van der Waals surface area contributed by atoms with Crippen LogP contribution in [0.2, 0.25) is 0 Å². The van der Waals surface area contributed by atoms with E-state index in [4.69, 9.17) is 0 Å². The first kappa shape index (κ1) is 16.0. The van der Waals surface area contributed by atoms with E-state index < -0.39 is 0 Å². The first-order valence-corrected chi connectivity index (χ1v) is 8.69. The summed E-state index contributed by atoms with van der Waals surface area (Å²) in [4.78, 5) is 4.58. The Morgan fingerprint density at radius 3 is 2.27 bits per heavy atom. The second kappa shape index (κ2) is 6.43. The Balaban J connectivity index is 1.90. The highest BCUT2D eigenvalue weighted by molar-refractivity contribution is 5.86. The van der Waals surface area contributed by atoms with Crippen LogP contribution in [0.1, 0.15) is 24.5 Å². The van der Waals surface area contributed by atoms with Gasteiger partial charge in [0.1, 0.15) is 18.3 Å². The molecule has 0 saturated carbocycles. The molecule has 2 aromatic rings. The third kappa shape index (κ3) is 2.44. The van der Waals surface area contributed by atoms with E-state index in [0.29, 0.717) is 11.1 Å². The smallest absolute Gasteiger partial charge is 0.104 e. The molecule has 4 heteroatoms. The molecule has 4 rings (SSSR count). The first-order valence-electron chi connectivity index (χ1n) is 8.69. The number of hydrogen-bond acceptors (Lipinski definition) is 4. The molecule has 2 atom stereocenters. The fourth-order valence-corrected chi connectivity index (χ4v) is 3.86. The zero-order chi connectivity index (χ0) is 18.1. The highest BCUT2D eigenvalue weighted by Crippen LogP contribution is 2.46.